The van der Waals surface area contributed by atoms with E-state index in [1.807, 2.05) is 0 Å². The Bertz CT molecular complexity index is 1620. The number of hydrogen-bond donors (Lipinski definition) is 3. The topological polar surface area (TPSA) is 198 Å². The van der Waals surface area contributed by atoms with E-state index in [1.54, 1.807) is 0 Å². The van der Waals surface area contributed by atoms with E-state index in [-0.39, 0.29) is 19.4 Å². The van der Waals surface area contributed by atoms with Crippen molar-refractivity contribution in [1.29, 1.82) is 0 Å². The molecule has 0 aromatic carbocycles. The normalized spacial score (nSPS) is 13.5. The van der Waals surface area contributed by atoms with E-state index in [1.165, 1.54) is 41.5 Å². The van der Waals surface area contributed by atoms with Crippen molar-refractivity contribution in [2.24, 2.45) is 5.73 Å². The van der Waals surface area contributed by atoms with E-state index in [0.29, 0.717) is 12.8 Å². The highest BCUT2D eigenvalue weighted by molar-refractivity contribution is 7.47. The molecule has 2 aromatic rings. The minimum absolute atomic E-state index is 0.136. The maximum absolute atomic E-state index is 12.7. The molecular weight excluding hydrogens is 813 g/mol. The van der Waals surface area contributed by atoms with Crippen LogP contribution in [0.3, 0.4) is 0 Å². The maximum Gasteiger partial charge on any atom is 0.472 e. The van der Waals surface area contributed by atoms with Crippen molar-refractivity contribution < 1.29 is 56.3 Å². The smallest absolute Gasteiger partial charge is 0.472 e. The average Bonchev–Trinajstić information content (AvgIpc) is 3.66. The Morgan fingerprint density at radius 3 is 1.37 bits per heavy atom. The third kappa shape index (κ3) is 23.1. The fourth-order valence-corrected chi connectivity index (χ4v) is 8.25. The molecule has 3 atom stereocenters. The molecule has 0 fully saturated rings. The Balaban J connectivity index is 1.64. The number of aliphatic carboxylic acids is 1. The molecule has 0 aliphatic rings. The molecule has 0 aliphatic carbocycles. The van der Waals surface area contributed by atoms with Crippen LogP contribution < -0.4 is 5.73 Å². The molecule has 2 rings (SSSR count). The van der Waals surface area contributed by atoms with Crippen LogP contribution in [0.2, 0.25) is 0 Å². The summed E-state index contributed by atoms with van der Waals surface area (Å²) >= 11 is 0. The number of ether oxygens (including phenoxy) is 2. The van der Waals surface area contributed by atoms with Gasteiger partial charge in [-0.3, -0.25) is 23.4 Å². The molecule has 0 saturated carbocycles. The lowest BCUT2D eigenvalue weighted by molar-refractivity contribution is -0.161. The number of carbonyl (C=O) groups excluding carboxylic acids is 2. The third-order valence-corrected chi connectivity index (χ3v) is 12.7. The van der Waals surface area contributed by atoms with Gasteiger partial charge in [0.05, 0.1) is 13.2 Å². The van der Waals surface area contributed by atoms with E-state index in [9.17, 15) is 23.8 Å². The number of furan rings is 2. The number of phosphoric ester groups is 1. The Morgan fingerprint density at radius 1 is 0.548 bits per heavy atom. The number of carbonyl (C=O) groups is 3. The van der Waals surface area contributed by atoms with Crippen LogP contribution in [0.5, 0.6) is 0 Å². The molecule has 0 bridgehead atoms. The summed E-state index contributed by atoms with van der Waals surface area (Å²) in [6.07, 6.45) is 24.1. The van der Waals surface area contributed by atoms with Gasteiger partial charge >= 0.3 is 25.7 Å². The number of esters is 2. The van der Waals surface area contributed by atoms with Crippen molar-refractivity contribution in [3.05, 3.63) is 45.3 Å². The highest BCUT2D eigenvalue weighted by Crippen LogP contribution is 2.43. The zero-order chi connectivity index (χ0) is 45.8. The summed E-state index contributed by atoms with van der Waals surface area (Å²) in [5.41, 5.74) is 10.6. The molecule has 0 aliphatic heterocycles. The predicted octanol–water partition coefficient (Wildman–Crippen LogP) is 11.6. The zero-order valence-electron chi connectivity index (χ0n) is 39.2. The summed E-state index contributed by atoms with van der Waals surface area (Å²) in [7, 11) is -4.74. The van der Waals surface area contributed by atoms with Crippen LogP contribution in [0.1, 0.15) is 200 Å². The van der Waals surface area contributed by atoms with E-state index >= 15 is 0 Å². The van der Waals surface area contributed by atoms with Gasteiger partial charge in [0.25, 0.3) is 0 Å². The van der Waals surface area contributed by atoms with Crippen molar-refractivity contribution in [2.45, 2.75) is 221 Å². The third-order valence-electron chi connectivity index (χ3n) is 11.7. The van der Waals surface area contributed by atoms with E-state index in [0.717, 1.165) is 145 Å². The number of unbranched alkanes of at least 4 members (excludes halogenated alkanes) is 16. The molecule has 2 aromatic heterocycles. The van der Waals surface area contributed by atoms with Gasteiger partial charge in [-0.1, -0.05) is 104 Å². The van der Waals surface area contributed by atoms with Crippen LogP contribution in [-0.2, 0) is 63.2 Å². The molecule has 13 nitrogen and oxygen atoms in total. The monoisotopic (exact) mass is 896 g/mol. The summed E-state index contributed by atoms with van der Waals surface area (Å²) in [6.45, 7) is 11.3. The van der Waals surface area contributed by atoms with Gasteiger partial charge in [0.15, 0.2) is 6.10 Å². The summed E-state index contributed by atoms with van der Waals surface area (Å²) in [4.78, 5) is 46.3. The standard InChI is InChI=1S/C48H82NO12P/c1-7-9-22-28-43-38(5)39(6)45(61-43)30-24-19-15-11-13-17-21-26-32-47(51)59-40(34-57-62(54,55)58-35-41(49)48(52)53)33-56-46(50)31-25-20-16-12-10-14-18-23-29-44-37(4)36(3)42(60-44)27-8-2/h40-41H,7-35,49H2,1-6H3,(H,52,53)(H,54,55). The molecule has 0 radical (unpaired) electrons. The fourth-order valence-electron chi connectivity index (χ4n) is 7.47. The van der Waals surface area contributed by atoms with Gasteiger partial charge in [0.1, 0.15) is 35.7 Å². The van der Waals surface area contributed by atoms with Crippen LogP contribution in [0.25, 0.3) is 0 Å². The second-order valence-corrected chi connectivity index (χ2v) is 18.5. The highest BCUT2D eigenvalue weighted by atomic mass is 31.2. The Hall–Kier alpha value is -2.96. The largest absolute Gasteiger partial charge is 0.480 e. The van der Waals surface area contributed by atoms with Gasteiger partial charge in [-0.2, -0.15) is 0 Å². The quantitative estimate of drug-likeness (QED) is 0.0327. The van der Waals surface area contributed by atoms with Crippen LogP contribution in [0.4, 0.5) is 0 Å². The SMILES string of the molecule is CCCCCc1oc(CCCCCCCCCCC(=O)OC(COC(=O)CCCCCCCCCCc2oc(CCC)c(C)c2C)COP(=O)(O)OCC(N)C(=O)O)c(C)c1C. The van der Waals surface area contributed by atoms with E-state index < -0.39 is 51.1 Å². The lowest BCUT2D eigenvalue weighted by Gasteiger charge is -2.20. The predicted molar refractivity (Wildman–Crippen MR) is 242 cm³/mol. The number of hydrogen-bond acceptors (Lipinski definition) is 11. The van der Waals surface area contributed by atoms with Crippen LogP contribution >= 0.6 is 7.82 Å². The van der Waals surface area contributed by atoms with Gasteiger partial charge in [-0.15, -0.1) is 0 Å². The maximum atomic E-state index is 12.7. The molecule has 356 valence electrons. The number of phosphoric acid groups is 1. The summed E-state index contributed by atoms with van der Waals surface area (Å²) in [5.74, 6) is 2.13. The Kier molecular flexibility index (Phi) is 28.3. The minimum atomic E-state index is -4.74. The van der Waals surface area contributed by atoms with E-state index in [2.05, 4.69) is 46.1 Å². The van der Waals surface area contributed by atoms with E-state index in [4.69, 9.17) is 33.7 Å². The minimum Gasteiger partial charge on any atom is -0.480 e. The molecule has 3 unspecified atom stereocenters. The van der Waals surface area contributed by atoms with Crippen LogP contribution in [0.15, 0.2) is 8.83 Å². The van der Waals surface area contributed by atoms with Crippen molar-refractivity contribution >= 4 is 25.7 Å². The molecule has 14 heteroatoms. The lowest BCUT2D eigenvalue weighted by Crippen LogP contribution is -2.34. The fraction of sp³-hybridized carbons (Fsp3) is 0.771. The molecule has 0 spiro atoms. The number of aryl methyl sites for hydroxylation is 4. The summed E-state index contributed by atoms with van der Waals surface area (Å²) < 4.78 is 45.2. The first kappa shape index (κ1) is 55.2. The molecule has 2 heterocycles. The second-order valence-electron chi connectivity index (χ2n) is 17.1. The zero-order valence-corrected chi connectivity index (χ0v) is 40.1. The van der Waals surface area contributed by atoms with Gasteiger partial charge in [-0.05, 0) is 88.5 Å². The highest BCUT2D eigenvalue weighted by Gasteiger charge is 2.28. The Morgan fingerprint density at radius 2 is 0.935 bits per heavy atom. The second kappa shape index (κ2) is 31.8. The van der Waals surface area contributed by atoms with Crippen molar-refractivity contribution in [3.63, 3.8) is 0 Å². The number of rotatable bonds is 38. The molecular formula is C48H82NO12P. The Labute approximate surface area is 372 Å². The van der Waals surface area contributed by atoms with Crippen molar-refractivity contribution in [3.8, 4) is 0 Å². The molecule has 62 heavy (non-hydrogen) atoms. The first-order chi connectivity index (χ1) is 29.7. The molecule has 0 saturated heterocycles. The van der Waals surface area contributed by atoms with Crippen molar-refractivity contribution in [2.75, 3.05) is 19.8 Å². The number of carboxylic acid groups (broad SMARTS) is 1. The summed E-state index contributed by atoms with van der Waals surface area (Å²) in [5, 5.41) is 8.93. The number of nitrogens with two attached hydrogens (primary N) is 1. The van der Waals surface area contributed by atoms with Gasteiger partial charge in [0.2, 0.25) is 0 Å². The first-order valence-electron chi connectivity index (χ1n) is 23.8. The van der Waals surface area contributed by atoms with Crippen LogP contribution in [-0.4, -0.2) is 59.9 Å². The molecule has 0 amide bonds. The van der Waals surface area contributed by atoms with Crippen LogP contribution in [0, 0.1) is 27.7 Å². The number of carboxylic acids is 1. The molecule has 4 N–H and O–H groups in total. The van der Waals surface area contributed by atoms with Crippen molar-refractivity contribution in [1.82, 2.24) is 0 Å². The van der Waals surface area contributed by atoms with Gasteiger partial charge in [0, 0.05) is 38.5 Å². The van der Waals surface area contributed by atoms with Gasteiger partial charge < -0.3 is 34.0 Å². The summed E-state index contributed by atoms with van der Waals surface area (Å²) in [6, 6.07) is -1.53. The average molecular weight is 896 g/mol. The first-order valence-corrected chi connectivity index (χ1v) is 25.3. The van der Waals surface area contributed by atoms with Gasteiger partial charge in [-0.25, -0.2) is 4.57 Å². The lowest BCUT2D eigenvalue weighted by atomic mass is 10.0.